The Hall–Kier alpha value is -0.0800. The molecule has 0 N–H and O–H groups in total. The SMILES string of the molecule is CC/C(=N/[S@+]([O-])C(C)(C)C)c1cnc([S+](C)[O-])s1. The fourth-order valence-corrected chi connectivity index (χ4v) is 3.45. The van der Waals surface area contributed by atoms with Crippen molar-refractivity contribution in [2.45, 2.75) is 43.2 Å². The topological polar surface area (TPSA) is 71.4 Å². The molecule has 1 aromatic heterocycles. The molecular formula is C11H18N2O2S3. The molecule has 0 bridgehead atoms. The van der Waals surface area contributed by atoms with E-state index < -0.39 is 22.5 Å². The first-order valence-corrected chi connectivity index (χ1v) is 9.03. The standard InChI is InChI=1S/C11H18N2O2S3/c1-6-8(13-18(15)11(2,3)4)9-7-12-10(16-9)17(5)14/h7H,6H2,1-5H3/b13-8-/t17?,18-/m1/s1. The molecule has 7 heteroatoms. The molecule has 0 saturated carbocycles. The zero-order valence-electron chi connectivity index (χ0n) is 11.2. The van der Waals surface area contributed by atoms with Gasteiger partial charge in [-0.2, -0.15) is 4.98 Å². The highest BCUT2D eigenvalue weighted by molar-refractivity contribution is 7.92. The van der Waals surface area contributed by atoms with Crippen LogP contribution >= 0.6 is 11.3 Å². The second-order valence-electron chi connectivity index (χ2n) is 4.70. The molecule has 0 amide bonds. The largest absolute Gasteiger partial charge is 0.610 e. The second-order valence-corrected chi connectivity index (χ2v) is 9.19. The van der Waals surface area contributed by atoms with Crippen molar-refractivity contribution < 1.29 is 9.11 Å². The van der Waals surface area contributed by atoms with Crippen LogP contribution in [0.15, 0.2) is 14.9 Å². The summed E-state index contributed by atoms with van der Waals surface area (Å²) in [5.41, 5.74) is 0.762. The molecule has 1 aromatic rings. The maximum absolute atomic E-state index is 12.0. The molecular weight excluding hydrogens is 288 g/mol. The summed E-state index contributed by atoms with van der Waals surface area (Å²) in [7, 11) is 0. The first-order valence-electron chi connectivity index (χ1n) is 5.55. The average Bonchev–Trinajstić information content (AvgIpc) is 2.73. The van der Waals surface area contributed by atoms with Crippen molar-refractivity contribution in [3.05, 3.63) is 11.1 Å². The summed E-state index contributed by atoms with van der Waals surface area (Å²) >= 11 is -1.01. The highest BCUT2D eigenvalue weighted by atomic mass is 32.2. The van der Waals surface area contributed by atoms with E-state index in [2.05, 4.69) is 9.38 Å². The molecule has 1 heterocycles. The summed E-state index contributed by atoms with van der Waals surface area (Å²) < 4.78 is 27.8. The van der Waals surface area contributed by atoms with Gasteiger partial charge in [0.1, 0.15) is 28.1 Å². The zero-order valence-corrected chi connectivity index (χ0v) is 13.7. The van der Waals surface area contributed by atoms with E-state index in [-0.39, 0.29) is 4.75 Å². The van der Waals surface area contributed by atoms with E-state index >= 15 is 0 Å². The van der Waals surface area contributed by atoms with Crippen LogP contribution in [0.2, 0.25) is 0 Å². The van der Waals surface area contributed by atoms with Crippen molar-refractivity contribution in [2.75, 3.05) is 6.26 Å². The summed E-state index contributed by atoms with van der Waals surface area (Å²) in [6.07, 6.45) is 3.93. The first-order chi connectivity index (χ1) is 8.25. The van der Waals surface area contributed by atoms with E-state index in [1.54, 1.807) is 12.5 Å². The van der Waals surface area contributed by atoms with Crippen LogP contribution in [0, 0.1) is 0 Å². The number of aromatic nitrogens is 1. The summed E-state index contributed by atoms with van der Waals surface area (Å²) in [6, 6.07) is 0. The Balaban J connectivity index is 2.98. The van der Waals surface area contributed by atoms with Crippen LogP contribution in [0.4, 0.5) is 0 Å². The molecule has 2 atom stereocenters. The smallest absolute Gasteiger partial charge is 0.301 e. The van der Waals surface area contributed by atoms with E-state index in [0.29, 0.717) is 10.8 Å². The van der Waals surface area contributed by atoms with Crippen LogP contribution < -0.4 is 0 Å². The molecule has 4 nitrogen and oxygen atoms in total. The van der Waals surface area contributed by atoms with Gasteiger partial charge in [0.25, 0.3) is 0 Å². The van der Waals surface area contributed by atoms with Gasteiger partial charge in [0, 0.05) is 11.2 Å². The Bertz CT molecular complexity index is 424. The van der Waals surface area contributed by atoms with Crippen LogP contribution in [-0.2, 0) is 22.5 Å². The van der Waals surface area contributed by atoms with Crippen molar-refractivity contribution in [3.8, 4) is 0 Å². The van der Waals surface area contributed by atoms with Crippen molar-refractivity contribution >= 4 is 39.6 Å². The summed E-state index contributed by atoms with van der Waals surface area (Å²) in [5, 5.41) is 0. The minimum absolute atomic E-state index is 0.373. The molecule has 1 rings (SSSR count). The summed E-state index contributed by atoms with van der Waals surface area (Å²) in [6.45, 7) is 7.62. The third kappa shape index (κ3) is 4.24. The Kier molecular flexibility index (Phi) is 5.67. The normalized spacial score (nSPS) is 16.7. The molecule has 0 spiro atoms. The van der Waals surface area contributed by atoms with Crippen LogP contribution in [-0.4, -0.2) is 30.8 Å². The average molecular weight is 306 g/mol. The molecule has 102 valence electrons. The molecule has 0 aliphatic carbocycles. The van der Waals surface area contributed by atoms with Crippen LogP contribution in [0.1, 0.15) is 39.0 Å². The van der Waals surface area contributed by atoms with Crippen LogP contribution in [0.5, 0.6) is 0 Å². The molecule has 0 aliphatic rings. The maximum Gasteiger partial charge on any atom is 0.301 e. The van der Waals surface area contributed by atoms with Gasteiger partial charge in [-0.25, -0.2) is 0 Å². The lowest BCUT2D eigenvalue weighted by Gasteiger charge is -2.18. The number of thiazole rings is 1. The first kappa shape index (κ1) is 16.0. The summed E-state index contributed by atoms with van der Waals surface area (Å²) in [4.78, 5) is 4.94. The van der Waals surface area contributed by atoms with E-state index in [9.17, 15) is 9.11 Å². The number of nitrogens with zero attached hydrogens (tertiary/aromatic N) is 2. The monoisotopic (exact) mass is 306 g/mol. The third-order valence-electron chi connectivity index (χ3n) is 2.07. The molecule has 0 aromatic carbocycles. The predicted molar refractivity (Wildman–Crippen MR) is 79.2 cm³/mol. The van der Waals surface area contributed by atoms with Gasteiger partial charge in [-0.1, -0.05) is 22.7 Å². The van der Waals surface area contributed by atoms with E-state index in [1.165, 1.54) is 11.3 Å². The minimum Gasteiger partial charge on any atom is -0.610 e. The summed E-state index contributed by atoms with van der Waals surface area (Å²) in [5.74, 6) is 0. The van der Waals surface area contributed by atoms with E-state index in [0.717, 1.165) is 10.6 Å². The van der Waals surface area contributed by atoms with Gasteiger partial charge in [-0.05, 0) is 27.2 Å². The molecule has 0 aliphatic heterocycles. The fourth-order valence-electron chi connectivity index (χ4n) is 1.05. The molecule has 0 radical (unpaired) electrons. The van der Waals surface area contributed by atoms with Gasteiger partial charge in [-0.15, -0.1) is 0 Å². The maximum atomic E-state index is 12.0. The Morgan fingerprint density at radius 2 is 2.06 bits per heavy atom. The van der Waals surface area contributed by atoms with E-state index in [1.807, 2.05) is 27.7 Å². The molecule has 18 heavy (non-hydrogen) atoms. The highest BCUT2D eigenvalue weighted by Crippen LogP contribution is 2.23. The van der Waals surface area contributed by atoms with Gasteiger partial charge in [0.05, 0.1) is 11.1 Å². The van der Waals surface area contributed by atoms with Crippen molar-refractivity contribution in [2.24, 2.45) is 4.40 Å². The van der Waals surface area contributed by atoms with Gasteiger partial charge in [-0.3, -0.25) is 0 Å². The van der Waals surface area contributed by atoms with Gasteiger partial charge >= 0.3 is 4.34 Å². The van der Waals surface area contributed by atoms with Gasteiger partial charge in [0.2, 0.25) is 0 Å². The van der Waals surface area contributed by atoms with Gasteiger partial charge < -0.3 is 9.11 Å². The highest BCUT2D eigenvalue weighted by Gasteiger charge is 2.27. The minimum atomic E-state index is -1.28. The third-order valence-corrected chi connectivity index (χ3v) is 5.89. The quantitative estimate of drug-likeness (QED) is 0.634. The van der Waals surface area contributed by atoms with E-state index in [4.69, 9.17) is 0 Å². The van der Waals surface area contributed by atoms with Crippen molar-refractivity contribution in [1.82, 2.24) is 4.98 Å². The number of hydrogen-bond acceptors (Lipinski definition) is 5. The lowest BCUT2D eigenvalue weighted by Crippen LogP contribution is -2.26. The van der Waals surface area contributed by atoms with Crippen molar-refractivity contribution in [1.29, 1.82) is 0 Å². The Morgan fingerprint density at radius 3 is 2.44 bits per heavy atom. The predicted octanol–water partition coefficient (Wildman–Crippen LogP) is 2.54. The lowest BCUT2D eigenvalue weighted by molar-refractivity contribution is 0.561. The Labute approximate surface area is 118 Å². The lowest BCUT2D eigenvalue weighted by atomic mass is 10.3. The molecule has 0 saturated heterocycles. The molecule has 0 fully saturated rings. The molecule has 1 unspecified atom stereocenters. The second kappa shape index (κ2) is 6.38. The van der Waals surface area contributed by atoms with Crippen LogP contribution in [0.3, 0.4) is 0 Å². The Morgan fingerprint density at radius 1 is 1.44 bits per heavy atom. The van der Waals surface area contributed by atoms with Gasteiger partial charge in [0.15, 0.2) is 0 Å². The zero-order chi connectivity index (χ0) is 13.9. The number of rotatable bonds is 4. The van der Waals surface area contributed by atoms with Crippen LogP contribution in [0.25, 0.3) is 0 Å². The fraction of sp³-hybridized carbons (Fsp3) is 0.636. The number of hydrogen-bond donors (Lipinski definition) is 0. The van der Waals surface area contributed by atoms with Crippen molar-refractivity contribution in [3.63, 3.8) is 0 Å².